The van der Waals surface area contributed by atoms with Crippen molar-refractivity contribution in [1.29, 1.82) is 0 Å². The lowest BCUT2D eigenvalue weighted by molar-refractivity contribution is -0.122. The molecule has 3 rings (SSSR count). The van der Waals surface area contributed by atoms with Crippen LogP contribution in [0.2, 0.25) is 0 Å². The van der Waals surface area contributed by atoms with E-state index in [0.717, 1.165) is 22.6 Å². The molecule has 2 amide bonds. The number of amides is 2. The monoisotopic (exact) mass is 338 g/mol. The number of methoxy groups -OCH3 is 1. The maximum absolute atomic E-state index is 12.2. The Balaban J connectivity index is 1.50. The summed E-state index contributed by atoms with van der Waals surface area (Å²) in [6.07, 6.45) is 1.55. The predicted molar refractivity (Wildman–Crippen MR) is 96.3 cm³/mol. The summed E-state index contributed by atoms with van der Waals surface area (Å²) in [6, 6.07) is 15.4. The summed E-state index contributed by atoms with van der Waals surface area (Å²) >= 11 is 0. The fraction of sp³-hybridized carbons (Fsp3) is 0.300. The Kier molecular flexibility index (Phi) is 5.33. The largest absolute Gasteiger partial charge is 0.496 e. The molecular formula is C20H22N2O3. The Labute approximate surface area is 147 Å². The minimum absolute atomic E-state index is 0.00349. The van der Waals surface area contributed by atoms with E-state index in [4.69, 9.17) is 4.74 Å². The van der Waals surface area contributed by atoms with Crippen molar-refractivity contribution in [3.05, 3.63) is 59.7 Å². The number of fused-ring (bicyclic) bond motifs is 1. The molecule has 0 fully saturated rings. The van der Waals surface area contributed by atoms with Gasteiger partial charge >= 0.3 is 0 Å². The van der Waals surface area contributed by atoms with Gasteiger partial charge in [-0.05, 0) is 30.5 Å². The van der Waals surface area contributed by atoms with Gasteiger partial charge in [-0.15, -0.1) is 0 Å². The van der Waals surface area contributed by atoms with E-state index in [-0.39, 0.29) is 17.7 Å². The van der Waals surface area contributed by atoms with Gasteiger partial charge in [0.2, 0.25) is 11.8 Å². The van der Waals surface area contributed by atoms with Crippen LogP contribution in [0.4, 0.5) is 5.69 Å². The summed E-state index contributed by atoms with van der Waals surface area (Å²) in [5.74, 6) is 0.534. The lowest BCUT2D eigenvalue weighted by Crippen LogP contribution is -2.31. The number of ether oxygens (including phenoxy) is 1. The summed E-state index contributed by atoms with van der Waals surface area (Å²) in [5.41, 5.74) is 2.94. The second-order valence-corrected chi connectivity index (χ2v) is 6.17. The first-order valence-corrected chi connectivity index (χ1v) is 8.44. The maximum Gasteiger partial charge on any atom is 0.227 e. The predicted octanol–water partition coefficient (Wildman–Crippen LogP) is 2.90. The van der Waals surface area contributed by atoms with Crippen LogP contribution in [0.15, 0.2) is 48.5 Å². The maximum atomic E-state index is 12.2. The Morgan fingerprint density at radius 3 is 2.80 bits per heavy atom. The van der Waals surface area contributed by atoms with E-state index in [1.165, 1.54) is 0 Å². The lowest BCUT2D eigenvalue weighted by atomic mass is 9.89. The molecule has 1 atom stereocenters. The molecule has 0 unspecified atom stereocenters. The molecule has 2 N–H and O–H groups in total. The zero-order valence-electron chi connectivity index (χ0n) is 14.2. The molecule has 1 aliphatic rings. The Hall–Kier alpha value is -2.82. The molecule has 130 valence electrons. The Morgan fingerprint density at radius 2 is 1.96 bits per heavy atom. The van der Waals surface area contributed by atoms with Crippen molar-refractivity contribution in [1.82, 2.24) is 5.32 Å². The van der Waals surface area contributed by atoms with Crippen LogP contribution in [0.3, 0.4) is 0 Å². The first-order chi connectivity index (χ1) is 12.2. The summed E-state index contributed by atoms with van der Waals surface area (Å²) in [5, 5.41) is 5.82. The molecule has 1 aliphatic heterocycles. The summed E-state index contributed by atoms with van der Waals surface area (Å²) in [7, 11) is 1.61. The first-order valence-electron chi connectivity index (χ1n) is 8.44. The normalized spacial score (nSPS) is 15.9. The molecule has 0 aliphatic carbocycles. The van der Waals surface area contributed by atoms with Crippen molar-refractivity contribution in [2.75, 3.05) is 12.4 Å². The quantitative estimate of drug-likeness (QED) is 0.851. The third-order valence-electron chi connectivity index (χ3n) is 4.50. The lowest BCUT2D eigenvalue weighted by Gasteiger charge is -2.24. The van der Waals surface area contributed by atoms with Gasteiger partial charge in [0, 0.05) is 30.1 Å². The number of hydrogen-bond donors (Lipinski definition) is 2. The first kappa shape index (κ1) is 17.0. The molecule has 1 heterocycles. The smallest absolute Gasteiger partial charge is 0.227 e. The van der Waals surface area contributed by atoms with Gasteiger partial charge in [0.15, 0.2) is 0 Å². The van der Waals surface area contributed by atoms with Crippen LogP contribution >= 0.6 is 0 Å². The molecule has 0 saturated carbocycles. The number of benzene rings is 2. The SMILES string of the molecule is COc1ccccc1CNC(=O)CC[C@@H]1Cc2ccccc2NC1=O. The third kappa shape index (κ3) is 4.18. The summed E-state index contributed by atoms with van der Waals surface area (Å²) in [6.45, 7) is 0.419. The van der Waals surface area contributed by atoms with E-state index >= 15 is 0 Å². The number of carbonyl (C=O) groups excluding carboxylic acids is 2. The molecule has 25 heavy (non-hydrogen) atoms. The fourth-order valence-electron chi connectivity index (χ4n) is 3.08. The van der Waals surface area contributed by atoms with Crippen molar-refractivity contribution in [3.8, 4) is 5.75 Å². The summed E-state index contributed by atoms with van der Waals surface area (Å²) in [4.78, 5) is 24.3. The van der Waals surface area contributed by atoms with E-state index in [0.29, 0.717) is 25.8 Å². The zero-order chi connectivity index (χ0) is 17.6. The van der Waals surface area contributed by atoms with E-state index < -0.39 is 0 Å². The second-order valence-electron chi connectivity index (χ2n) is 6.17. The molecule has 0 spiro atoms. The van der Waals surface area contributed by atoms with Gasteiger partial charge < -0.3 is 15.4 Å². The number of rotatable bonds is 6. The van der Waals surface area contributed by atoms with Crippen molar-refractivity contribution in [2.24, 2.45) is 5.92 Å². The van der Waals surface area contributed by atoms with Crippen LogP contribution in [0.5, 0.6) is 5.75 Å². The number of nitrogens with one attached hydrogen (secondary N) is 2. The molecule has 2 aromatic carbocycles. The third-order valence-corrected chi connectivity index (χ3v) is 4.50. The van der Waals surface area contributed by atoms with Crippen molar-refractivity contribution in [2.45, 2.75) is 25.8 Å². The van der Waals surface area contributed by atoms with Crippen molar-refractivity contribution < 1.29 is 14.3 Å². The van der Waals surface area contributed by atoms with Gasteiger partial charge in [0.1, 0.15) is 5.75 Å². The standard InChI is InChI=1S/C20H22N2O3/c1-25-18-9-5-3-7-16(18)13-21-19(23)11-10-15-12-14-6-2-4-8-17(14)22-20(15)24/h2-9,15H,10-13H2,1H3,(H,21,23)(H,22,24)/t15-/m1/s1. The van der Waals surface area contributed by atoms with Gasteiger partial charge in [-0.3, -0.25) is 9.59 Å². The van der Waals surface area contributed by atoms with Gasteiger partial charge in [-0.1, -0.05) is 36.4 Å². The Bertz CT molecular complexity index is 773. The van der Waals surface area contributed by atoms with Crippen molar-refractivity contribution in [3.63, 3.8) is 0 Å². The van der Waals surface area contributed by atoms with E-state index in [2.05, 4.69) is 10.6 Å². The second kappa shape index (κ2) is 7.83. The van der Waals surface area contributed by atoms with Crippen LogP contribution in [-0.2, 0) is 22.6 Å². The topological polar surface area (TPSA) is 67.4 Å². The minimum Gasteiger partial charge on any atom is -0.496 e. The highest BCUT2D eigenvalue weighted by atomic mass is 16.5. The highest BCUT2D eigenvalue weighted by molar-refractivity contribution is 5.96. The van der Waals surface area contributed by atoms with Crippen LogP contribution in [-0.4, -0.2) is 18.9 Å². The number of para-hydroxylation sites is 2. The number of anilines is 1. The molecule has 5 nitrogen and oxygen atoms in total. The molecule has 5 heteroatoms. The average Bonchev–Trinajstić information content (AvgIpc) is 2.64. The Morgan fingerprint density at radius 1 is 1.20 bits per heavy atom. The van der Waals surface area contributed by atoms with E-state index in [9.17, 15) is 9.59 Å². The molecule has 0 saturated heterocycles. The van der Waals surface area contributed by atoms with Crippen LogP contribution in [0, 0.1) is 5.92 Å². The highest BCUT2D eigenvalue weighted by Crippen LogP contribution is 2.27. The molecular weight excluding hydrogens is 316 g/mol. The van der Waals surface area contributed by atoms with Gasteiger partial charge in [-0.25, -0.2) is 0 Å². The van der Waals surface area contributed by atoms with Gasteiger partial charge in [0.05, 0.1) is 7.11 Å². The van der Waals surface area contributed by atoms with Crippen LogP contribution in [0.1, 0.15) is 24.0 Å². The summed E-state index contributed by atoms with van der Waals surface area (Å²) < 4.78 is 5.28. The number of hydrogen-bond acceptors (Lipinski definition) is 3. The zero-order valence-corrected chi connectivity index (χ0v) is 14.2. The number of carbonyl (C=O) groups is 2. The highest BCUT2D eigenvalue weighted by Gasteiger charge is 2.26. The van der Waals surface area contributed by atoms with Crippen molar-refractivity contribution >= 4 is 17.5 Å². The van der Waals surface area contributed by atoms with Gasteiger partial charge in [-0.2, -0.15) is 0 Å². The molecule has 0 aromatic heterocycles. The molecule has 0 bridgehead atoms. The van der Waals surface area contributed by atoms with Gasteiger partial charge in [0.25, 0.3) is 0 Å². The van der Waals surface area contributed by atoms with E-state index in [1.807, 2.05) is 48.5 Å². The van der Waals surface area contributed by atoms with Crippen LogP contribution in [0.25, 0.3) is 0 Å². The average molecular weight is 338 g/mol. The fourth-order valence-corrected chi connectivity index (χ4v) is 3.08. The van der Waals surface area contributed by atoms with Crippen LogP contribution < -0.4 is 15.4 Å². The molecule has 0 radical (unpaired) electrons. The molecule has 2 aromatic rings. The minimum atomic E-state index is -0.160. The van der Waals surface area contributed by atoms with E-state index in [1.54, 1.807) is 7.11 Å².